The van der Waals surface area contributed by atoms with E-state index in [2.05, 4.69) is 52.5 Å². The van der Waals surface area contributed by atoms with Crippen LogP contribution in [0.4, 0.5) is 0 Å². The highest BCUT2D eigenvalue weighted by atomic mass is 15.2. The van der Waals surface area contributed by atoms with E-state index in [1.807, 2.05) is 0 Å². The quantitative estimate of drug-likeness (QED) is 0.579. The molecule has 0 saturated heterocycles. The van der Waals surface area contributed by atoms with Gasteiger partial charge in [0.2, 0.25) is 0 Å². The zero-order valence-corrected chi connectivity index (χ0v) is 10.6. The minimum Gasteiger partial charge on any atom is -0.292 e. The molecule has 0 bridgehead atoms. The van der Waals surface area contributed by atoms with Gasteiger partial charge in [-0.1, -0.05) is 25.5 Å². The van der Waals surface area contributed by atoms with Crippen LogP contribution in [0.25, 0.3) is 0 Å². The second-order valence-corrected chi connectivity index (χ2v) is 5.75. The molecule has 14 heavy (non-hydrogen) atoms. The second kappa shape index (κ2) is 4.06. The molecule has 1 heteroatoms. The summed E-state index contributed by atoms with van der Waals surface area (Å²) < 4.78 is 0. The molecule has 1 atom stereocenters. The predicted molar refractivity (Wildman–Crippen MR) is 63.5 cm³/mol. The van der Waals surface area contributed by atoms with E-state index in [9.17, 15) is 0 Å². The van der Waals surface area contributed by atoms with Crippen LogP contribution < -0.4 is 0 Å². The first kappa shape index (κ1) is 11.8. The van der Waals surface area contributed by atoms with E-state index in [0.29, 0.717) is 11.6 Å². The average molecular weight is 195 g/mol. The molecule has 82 valence electrons. The molecule has 1 aliphatic heterocycles. The molecular weight excluding hydrogens is 170 g/mol. The van der Waals surface area contributed by atoms with Gasteiger partial charge in [0.05, 0.1) is 0 Å². The van der Waals surface area contributed by atoms with Crippen LogP contribution in [-0.2, 0) is 0 Å². The maximum atomic E-state index is 2.58. The summed E-state index contributed by atoms with van der Waals surface area (Å²) in [6, 6.07) is 0.598. The standard InChI is InChI=1S/C13H25N/c1-10(2)12-7-8-14(11(3)9-12)13(4,5)6/h9-11H,7-8H2,1-6H3. The van der Waals surface area contributed by atoms with Gasteiger partial charge in [-0.15, -0.1) is 0 Å². The molecule has 1 unspecified atom stereocenters. The van der Waals surface area contributed by atoms with Crippen molar-refractivity contribution in [2.45, 2.75) is 59.5 Å². The SMILES string of the molecule is CC(C)C1=CC(C)N(C(C)(C)C)CC1. The summed E-state index contributed by atoms with van der Waals surface area (Å²) in [6.45, 7) is 15.0. The second-order valence-electron chi connectivity index (χ2n) is 5.75. The Bertz CT molecular complexity index is 220. The molecule has 1 heterocycles. The van der Waals surface area contributed by atoms with Gasteiger partial charge >= 0.3 is 0 Å². The van der Waals surface area contributed by atoms with Crippen LogP contribution in [0.2, 0.25) is 0 Å². The van der Waals surface area contributed by atoms with Crippen molar-refractivity contribution in [3.05, 3.63) is 11.6 Å². The molecule has 0 aromatic rings. The lowest BCUT2D eigenvalue weighted by Crippen LogP contribution is -2.48. The molecule has 1 rings (SSSR count). The molecule has 1 nitrogen and oxygen atoms in total. The Labute approximate surface area is 89.2 Å². The largest absolute Gasteiger partial charge is 0.292 e. The van der Waals surface area contributed by atoms with Gasteiger partial charge in [0.15, 0.2) is 0 Å². The van der Waals surface area contributed by atoms with Crippen molar-refractivity contribution in [3.63, 3.8) is 0 Å². The van der Waals surface area contributed by atoms with E-state index in [1.165, 1.54) is 13.0 Å². The Kier molecular flexibility index (Phi) is 3.41. The van der Waals surface area contributed by atoms with E-state index in [-0.39, 0.29) is 0 Å². The minimum atomic E-state index is 0.304. The first-order valence-electron chi connectivity index (χ1n) is 5.79. The van der Waals surface area contributed by atoms with Crippen molar-refractivity contribution in [2.24, 2.45) is 5.92 Å². The van der Waals surface area contributed by atoms with Crippen molar-refractivity contribution in [2.75, 3.05) is 6.54 Å². The monoisotopic (exact) mass is 195 g/mol. The fourth-order valence-corrected chi connectivity index (χ4v) is 2.36. The van der Waals surface area contributed by atoms with Crippen LogP contribution in [0.1, 0.15) is 48.0 Å². The van der Waals surface area contributed by atoms with Crippen molar-refractivity contribution < 1.29 is 0 Å². The van der Waals surface area contributed by atoms with Crippen LogP contribution in [0.3, 0.4) is 0 Å². The summed E-state index contributed by atoms with van der Waals surface area (Å²) in [4.78, 5) is 2.58. The Morgan fingerprint density at radius 3 is 2.29 bits per heavy atom. The number of hydrogen-bond acceptors (Lipinski definition) is 1. The van der Waals surface area contributed by atoms with Crippen molar-refractivity contribution in [1.29, 1.82) is 0 Å². The van der Waals surface area contributed by atoms with E-state index in [4.69, 9.17) is 0 Å². The van der Waals surface area contributed by atoms with Gasteiger partial charge in [-0.25, -0.2) is 0 Å². The molecule has 0 N–H and O–H groups in total. The average Bonchev–Trinajstić information content (AvgIpc) is 2.01. The molecule has 1 aliphatic rings. The normalized spacial score (nSPS) is 25.4. The van der Waals surface area contributed by atoms with Gasteiger partial charge in [-0.2, -0.15) is 0 Å². The van der Waals surface area contributed by atoms with Crippen LogP contribution in [0.15, 0.2) is 11.6 Å². The van der Waals surface area contributed by atoms with Gasteiger partial charge in [0, 0.05) is 18.1 Å². The third kappa shape index (κ3) is 2.60. The molecule has 0 aliphatic carbocycles. The lowest BCUT2D eigenvalue weighted by atomic mass is 9.91. The van der Waals surface area contributed by atoms with Crippen molar-refractivity contribution >= 4 is 0 Å². The van der Waals surface area contributed by atoms with E-state index in [0.717, 1.165) is 5.92 Å². The highest BCUT2D eigenvalue weighted by Crippen LogP contribution is 2.27. The molecule has 0 saturated carbocycles. The van der Waals surface area contributed by atoms with Crippen LogP contribution in [0, 0.1) is 5.92 Å². The Balaban J connectivity index is 2.75. The zero-order chi connectivity index (χ0) is 10.9. The van der Waals surface area contributed by atoms with Crippen molar-refractivity contribution in [3.8, 4) is 0 Å². The van der Waals surface area contributed by atoms with Crippen LogP contribution >= 0.6 is 0 Å². The molecule has 0 radical (unpaired) electrons. The third-order valence-corrected chi connectivity index (χ3v) is 3.19. The first-order chi connectivity index (χ1) is 6.32. The maximum Gasteiger partial charge on any atom is 0.0257 e. The molecule has 0 amide bonds. The predicted octanol–water partition coefficient (Wildman–Crippen LogP) is 3.46. The van der Waals surface area contributed by atoms with Gasteiger partial charge < -0.3 is 0 Å². The third-order valence-electron chi connectivity index (χ3n) is 3.19. The molecular formula is C13H25N. The van der Waals surface area contributed by atoms with Gasteiger partial charge in [0.1, 0.15) is 0 Å². The molecule has 0 spiro atoms. The number of hydrogen-bond donors (Lipinski definition) is 0. The lowest BCUT2D eigenvalue weighted by Gasteiger charge is -2.42. The fourth-order valence-electron chi connectivity index (χ4n) is 2.36. The molecule has 0 aromatic heterocycles. The summed E-state index contributed by atoms with van der Waals surface area (Å²) in [6.07, 6.45) is 3.71. The van der Waals surface area contributed by atoms with Gasteiger partial charge in [0.25, 0.3) is 0 Å². The summed E-state index contributed by atoms with van der Waals surface area (Å²) in [5, 5.41) is 0. The summed E-state index contributed by atoms with van der Waals surface area (Å²) in [5.41, 5.74) is 1.94. The lowest BCUT2D eigenvalue weighted by molar-refractivity contribution is 0.104. The Morgan fingerprint density at radius 1 is 1.36 bits per heavy atom. The fraction of sp³-hybridized carbons (Fsp3) is 0.846. The maximum absolute atomic E-state index is 2.58. The zero-order valence-electron chi connectivity index (χ0n) is 10.6. The van der Waals surface area contributed by atoms with E-state index < -0.39 is 0 Å². The smallest absolute Gasteiger partial charge is 0.0257 e. The topological polar surface area (TPSA) is 3.24 Å². The van der Waals surface area contributed by atoms with E-state index in [1.54, 1.807) is 5.57 Å². The Hall–Kier alpha value is -0.300. The van der Waals surface area contributed by atoms with Crippen molar-refractivity contribution in [1.82, 2.24) is 4.90 Å². The minimum absolute atomic E-state index is 0.304. The Morgan fingerprint density at radius 2 is 1.93 bits per heavy atom. The van der Waals surface area contributed by atoms with E-state index >= 15 is 0 Å². The van der Waals surface area contributed by atoms with Crippen LogP contribution in [0.5, 0.6) is 0 Å². The van der Waals surface area contributed by atoms with Gasteiger partial charge in [-0.05, 0) is 40.0 Å². The first-order valence-corrected chi connectivity index (χ1v) is 5.79. The molecule has 0 aromatic carbocycles. The number of rotatable bonds is 1. The highest BCUT2D eigenvalue weighted by Gasteiger charge is 2.28. The number of nitrogens with zero attached hydrogens (tertiary/aromatic N) is 1. The van der Waals surface area contributed by atoms with Crippen LogP contribution in [-0.4, -0.2) is 23.0 Å². The highest BCUT2D eigenvalue weighted by molar-refractivity contribution is 5.14. The summed E-state index contributed by atoms with van der Waals surface area (Å²) in [5.74, 6) is 0.722. The van der Waals surface area contributed by atoms with Gasteiger partial charge in [-0.3, -0.25) is 4.90 Å². The summed E-state index contributed by atoms with van der Waals surface area (Å²) in [7, 11) is 0. The summed E-state index contributed by atoms with van der Waals surface area (Å²) >= 11 is 0. The molecule has 0 fully saturated rings.